The number of aryl methyl sites for hydroxylation is 2. The van der Waals surface area contributed by atoms with Gasteiger partial charge in [0.1, 0.15) is 5.52 Å². The van der Waals surface area contributed by atoms with Crippen LogP contribution < -0.4 is 5.73 Å². The first-order valence-electron chi connectivity index (χ1n) is 7.90. The lowest BCUT2D eigenvalue weighted by Gasteiger charge is -2.19. The topological polar surface area (TPSA) is 61.7 Å². The van der Waals surface area contributed by atoms with Crippen molar-refractivity contribution in [3.8, 4) is 0 Å². The molecule has 4 rings (SSSR count). The van der Waals surface area contributed by atoms with Crippen LogP contribution in [0.1, 0.15) is 50.8 Å². The number of nitrogen functional groups attached to an aromatic ring is 1. The number of imidazole rings is 1. The minimum absolute atomic E-state index is 0.560. The lowest BCUT2D eigenvalue weighted by atomic mass is 10.1. The van der Waals surface area contributed by atoms with Gasteiger partial charge < -0.3 is 5.73 Å². The van der Waals surface area contributed by atoms with E-state index in [1.807, 2.05) is 11.7 Å². The van der Waals surface area contributed by atoms with E-state index in [1.54, 1.807) is 0 Å². The summed E-state index contributed by atoms with van der Waals surface area (Å²) in [7, 11) is 2.02. The molecule has 2 aromatic rings. The van der Waals surface area contributed by atoms with E-state index >= 15 is 0 Å². The molecule has 2 aliphatic rings. The third-order valence-electron chi connectivity index (χ3n) is 4.76. The molecule has 5 nitrogen and oxygen atoms in total. The van der Waals surface area contributed by atoms with Crippen LogP contribution in [0.25, 0.3) is 11.2 Å². The van der Waals surface area contributed by atoms with Gasteiger partial charge in [-0.15, -0.1) is 0 Å². The van der Waals surface area contributed by atoms with Gasteiger partial charge in [0.25, 0.3) is 0 Å². The van der Waals surface area contributed by atoms with Gasteiger partial charge in [-0.1, -0.05) is 13.3 Å². The molecule has 5 heteroatoms. The molecule has 2 aliphatic carbocycles. The monoisotopic (exact) mass is 273 g/mol. The Bertz CT molecular complexity index is 633. The van der Waals surface area contributed by atoms with Crippen LogP contribution in [0.5, 0.6) is 0 Å². The van der Waals surface area contributed by atoms with Crippen molar-refractivity contribution in [1.29, 1.82) is 0 Å². The summed E-state index contributed by atoms with van der Waals surface area (Å²) < 4.78 is 4.29. The molecule has 0 atom stereocenters. The molecule has 20 heavy (non-hydrogen) atoms. The van der Waals surface area contributed by atoms with E-state index in [0.717, 1.165) is 41.5 Å². The number of fused-ring (bicyclic) bond motifs is 1. The fourth-order valence-electron chi connectivity index (χ4n) is 3.60. The quantitative estimate of drug-likeness (QED) is 0.911. The number of nitrogens with two attached hydrogens (primary N) is 1. The van der Waals surface area contributed by atoms with Crippen molar-refractivity contribution in [2.75, 3.05) is 5.73 Å². The standard InChI is InChI=1S/C15H23N5/c1-3-4-11-12-14(19(2)18-11)20(15(16)17-12)13(9-5-6-9)10-7-8-10/h9-10,13H,3-8H2,1-2H3,(H2,16,17). The van der Waals surface area contributed by atoms with E-state index in [4.69, 9.17) is 5.73 Å². The highest BCUT2D eigenvalue weighted by Crippen LogP contribution is 2.53. The van der Waals surface area contributed by atoms with Gasteiger partial charge in [-0.25, -0.2) is 4.98 Å². The molecule has 0 unspecified atom stereocenters. The number of aromatic nitrogens is 4. The second kappa shape index (κ2) is 4.24. The predicted octanol–water partition coefficient (Wildman–Crippen LogP) is 2.67. The molecule has 2 heterocycles. The Balaban J connectivity index is 1.87. The van der Waals surface area contributed by atoms with Gasteiger partial charge in [-0.2, -0.15) is 5.10 Å². The summed E-state index contributed by atoms with van der Waals surface area (Å²) in [5.41, 5.74) is 9.53. The lowest BCUT2D eigenvalue weighted by Crippen LogP contribution is -2.17. The Morgan fingerprint density at radius 2 is 1.90 bits per heavy atom. The summed E-state index contributed by atoms with van der Waals surface area (Å²) in [6.45, 7) is 2.18. The first-order valence-corrected chi connectivity index (χ1v) is 7.90. The zero-order valence-electron chi connectivity index (χ0n) is 12.3. The Hall–Kier alpha value is -1.52. The van der Waals surface area contributed by atoms with Crippen LogP contribution >= 0.6 is 0 Å². The minimum Gasteiger partial charge on any atom is -0.369 e. The molecule has 108 valence electrons. The second-order valence-corrected chi connectivity index (χ2v) is 6.50. The molecule has 2 fully saturated rings. The fourth-order valence-corrected chi connectivity index (χ4v) is 3.60. The van der Waals surface area contributed by atoms with Crippen LogP contribution in [0.2, 0.25) is 0 Å². The van der Waals surface area contributed by atoms with E-state index in [1.165, 1.54) is 25.7 Å². The van der Waals surface area contributed by atoms with Crippen molar-refractivity contribution >= 4 is 17.1 Å². The molecule has 0 amide bonds. The maximum Gasteiger partial charge on any atom is 0.202 e. The zero-order chi connectivity index (χ0) is 13.9. The van der Waals surface area contributed by atoms with Crippen LogP contribution in [0.15, 0.2) is 0 Å². The largest absolute Gasteiger partial charge is 0.369 e. The Morgan fingerprint density at radius 3 is 2.45 bits per heavy atom. The van der Waals surface area contributed by atoms with E-state index in [2.05, 4.69) is 21.6 Å². The van der Waals surface area contributed by atoms with Crippen molar-refractivity contribution in [2.24, 2.45) is 18.9 Å². The highest BCUT2D eigenvalue weighted by Gasteiger charge is 2.44. The van der Waals surface area contributed by atoms with E-state index < -0.39 is 0 Å². The van der Waals surface area contributed by atoms with E-state index in [-0.39, 0.29) is 0 Å². The highest BCUT2D eigenvalue weighted by atomic mass is 15.4. The average Bonchev–Trinajstić information content (AvgIpc) is 3.30. The number of hydrogen-bond donors (Lipinski definition) is 1. The zero-order valence-corrected chi connectivity index (χ0v) is 12.3. The maximum atomic E-state index is 6.27. The Kier molecular flexibility index (Phi) is 2.59. The predicted molar refractivity (Wildman–Crippen MR) is 79.4 cm³/mol. The Morgan fingerprint density at radius 1 is 1.25 bits per heavy atom. The van der Waals surface area contributed by atoms with Gasteiger partial charge >= 0.3 is 0 Å². The molecule has 0 aliphatic heterocycles. The molecule has 0 saturated heterocycles. The fraction of sp³-hybridized carbons (Fsp3) is 0.733. The summed E-state index contributed by atoms with van der Waals surface area (Å²) in [5, 5.41) is 4.66. The van der Waals surface area contributed by atoms with Gasteiger partial charge in [0.2, 0.25) is 5.95 Å². The number of hydrogen-bond acceptors (Lipinski definition) is 3. The van der Waals surface area contributed by atoms with Crippen molar-refractivity contribution in [3.63, 3.8) is 0 Å². The molecule has 2 aromatic heterocycles. The van der Waals surface area contributed by atoms with Crippen molar-refractivity contribution in [2.45, 2.75) is 51.5 Å². The molecular formula is C15H23N5. The van der Waals surface area contributed by atoms with Crippen LogP contribution in [0.4, 0.5) is 5.95 Å². The first kappa shape index (κ1) is 12.2. The van der Waals surface area contributed by atoms with Crippen molar-refractivity contribution in [3.05, 3.63) is 5.69 Å². The third-order valence-corrected chi connectivity index (χ3v) is 4.76. The Labute approximate surface area is 119 Å². The summed E-state index contributed by atoms with van der Waals surface area (Å²) >= 11 is 0. The van der Waals surface area contributed by atoms with E-state index in [0.29, 0.717) is 12.0 Å². The number of anilines is 1. The van der Waals surface area contributed by atoms with Crippen LogP contribution in [0.3, 0.4) is 0 Å². The SMILES string of the molecule is CCCc1nn(C)c2c1nc(N)n2C(C1CC1)C1CC1. The van der Waals surface area contributed by atoms with Crippen LogP contribution in [-0.2, 0) is 13.5 Å². The maximum absolute atomic E-state index is 6.27. The molecule has 0 radical (unpaired) electrons. The molecule has 2 N–H and O–H groups in total. The van der Waals surface area contributed by atoms with Crippen molar-refractivity contribution in [1.82, 2.24) is 19.3 Å². The molecular weight excluding hydrogens is 250 g/mol. The molecule has 2 saturated carbocycles. The van der Waals surface area contributed by atoms with Crippen molar-refractivity contribution < 1.29 is 0 Å². The number of rotatable bonds is 5. The van der Waals surface area contributed by atoms with Gasteiger partial charge in [0, 0.05) is 13.1 Å². The summed E-state index contributed by atoms with van der Waals surface area (Å²) in [6.07, 6.45) is 7.46. The third kappa shape index (κ3) is 1.75. The lowest BCUT2D eigenvalue weighted by molar-refractivity contribution is 0.403. The van der Waals surface area contributed by atoms with Gasteiger partial charge in [0.15, 0.2) is 5.65 Å². The minimum atomic E-state index is 0.560. The van der Waals surface area contributed by atoms with Gasteiger partial charge in [-0.05, 0) is 43.9 Å². The van der Waals surface area contributed by atoms with Gasteiger partial charge in [0.05, 0.1) is 5.69 Å². The molecule has 0 aromatic carbocycles. The van der Waals surface area contributed by atoms with Crippen LogP contribution in [-0.4, -0.2) is 19.3 Å². The molecule has 0 spiro atoms. The smallest absolute Gasteiger partial charge is 0.202 e. The highest BCUT2D eigenvalue weighted by molar-refractivity contribution is 5.78. The average molecular weight is 273 g/mol. The van der Waals surface area contributed by atoms with Crippen LogP contribution in [0, 0.1) is 11.8 Å². The first-order chi connectivity index (χ1) is 9.70. The molecule has 0 bridgehead atoms. The normalized spacial score (nSPS) is 19.4. The van der Waals surface area contributed by atoms with Gasteiger partial charge in [-0.3, -0.25) is 9.25 Å². The van der Waals surface area contributed by atoms with E-state index in [9.17, 15) is 0 Å². The second-order valence-electron chi connectivity index (χ2n) is 6.50. The number of nitrogens with zero attached hydrogens (tertiary/aromatic N) is 4. The summed E-state index contributed by atoms with van der Waals surface area (Å²) in [6, 6.07) is 0.560. The summed E-state index contributed by atoms with van der Waals surface area (Å²) in [4.78, 5) is 4.65. The summed E-state index contributed by atoms with van der Waals surface area (Å²) in [5.74, 6) is 2.31.